The number of hydrogen-bond acceptors (Lipinski definition) is 5. The highest BCUT2D eigenvalue weighted by atomic mass is 16.5. The third-order valence-corrected chi connectivity index (χ3v) is 3.41. The van der Waals surface area contributed by atoms with E-state index in [9.17, 15) is 4.79 Å². The highest BCUT2D eigenvalue weighted by molar-refractivity contribution is 5.95. The molecule has 0 aromatic heterocycles. The zero-order valence-electron chi connectivity index (χ0n) is 12.4. The average Bonchev–Trinajstić information content (AvgIpc) is 2.99. The van der Waals surface area contributed by atoms with Crippen LogP contribution >= 0.6 is 0 Å². The van der Waals surface area contributed by atoms with Crippen molar-refractivity contribution in [2.45, 2.75) is 32.0 Å². The molecule has 1 amide bonds. The van der Waals surface area contributed by atoms with Crippen LogP contribution in [-0.4, -0.2) is 38.4 Å². The highest BCUT2D eigenvalue weighted by Crippen LogP contribution is 2.26. The summed E-state index contributed by atoms with van der Waals surface area (Å²) in [5, 5.41) is 2.78. The van der Waals surface area contributed by atoms with Gasteiger partial charge in [0.15, 0.2) is 0 Å². The third-order valence-electron chi connectivity index (χ3n) is 3.41. The number of nitrogens with one attached hydrogen (secondary N) is 1. The summed E-state index contributed by atoms with van der Waals surface area (Å²) >= 11 is 0. The van der Waals surface area contributed by atoms with Gasteiger partial charge in [-0.2, -0.15) is 0 Å². The molecule has 0 spiro atoms. The number of rotatable bonds is 6. The molecule has 1 fully saturated rings. The molecular formula is C15H22N2O4. The molecule has 0 radical (unpaired) electrons. The number of benzene rings is 1. The summed E-state index contributed by atoms with van der Waals surface area (Å²) in [6.45, 7) is 2.93. The lowest BCUT2D eigenvalue weighted by Gasteiger charge is -2.17. The molecule has 0 saturated carbocycles. The van der Waals surface area contributed by atoms with E-state index in [1.54, 1.807) is 25.1 Å². The zero-order valence-corrected chi connectivity index (χ0v) is 12.4. The van der Waals surface area contributed by atoms with Gasteiger partial charge in [0.1, 0.15) is 11.9 Å². The summed E-state index contributed by atoms with van der Waals surface area (Å²) < 4.78 is 16.2. The van der Waals surface area contributed by atoms with Gasteiger partial charge < -0.3 is 25.3 Å². The predicted octanol–water partition coefficient (Wildman–Crippen LogP) is 1.80. The molecule has 116 valence electrons. The average molecular weight is 294 g/mol. The van der Waals surface area contributed by atoms with E-state index in [4.69, 9.17) is 19.9 Å². The van der Waals surface area contributed by atoms with Gasteiger partial charge in [-0.1, -0.05) is 0 Å². The second-order valence-corrected chi connectivity index (χ2v) is 5.06. The molecule has 1 aliphatic rings. The summed E-state index contributed by atoms with van der Waals surface area (Å²) in [5.74, 6) is 0.297. The zero-order chi connectivity index (χ0) is 15.2. The molecule has 1 saturated heterocycles. The van der Waals surface area contributed by atoms with Crippen molar-refractivity contribution >= 4 is 17.3 Å². The number of anilines is 2. The summed E-state index contributed by atoms with van der Waals surface area (Å²) in [4.78, 5) is 12.1. The van der Waals surface area contributed by atoms with Crippen LogP contribution in [0.2, 0.25) is 0 Å². The van der Waals surface area contributed by atoms with E-state index >= 15 is 0 Å². The quantitative estimate of drug-likeness (QED) is 0.782. The molecule has 21 heavy (non-hydrogen) atoms. The van der Waals surface area contributed by atoms with Crippen molar-refractivity contribution in [3.8, 4) is 5.75 Å². The first-order valence-electron chi connectivity index (χ1n) is 7.07. The number of nitrogen functional groups attached to an aromatic ring is 1. The lowest BCUT2D eigenvalue weighted by Crippen LogP contribution is -2.30. The maximum atomic E-state index is 12.1. The van der Waals surface area contributed by atoms with Crippen molar-refractivity contribution in [3.05, 3.63) is 18.2 Å². The Morgan fingerprint density at radius 3 is 3.05 bits per heavy atom. The second-order valence-electron chi connectivity index (χ2n) is 5.06. The van der Waals surface area contributed by atoms with Crippen LogP contribution in [0.15, 0.2) is 18.2 Å². The number of hydrogen-bond donors (Lipinski definition) is 2. The number of carbonyl (C=O) groups is 1. The molecule has 1 aromatic carbocycles. The van der Waals surface area contributed by atoms with Crippen LogP contribution in [0.4, 0.5) is 11.4 Å². The Balaban J connectivity index is 1.87. The van der Waals surface area contributed by atoms with E-state index in [-0.39, 0.29) is 12.0 Å². The van der Waals surface area contributed by atoms with Gasteiger partial charge in [-0.3, -0.25) is 4.79 Å². The molecular weight excluding hydrogens is 272 g/mol. The van der Waals surface area contributed by atoms with Crippen molar-refractivity contribution in [1.29, 1.82) is 0 Å². The van der Waals surface area contributed by atoms with Gasteiger partial charge in [-0.25, -0.2) is 0 Å². The Labute approximate surface area is 124 Å². The smallest absolute Gasteiger partial charge is 0.253 e. The fourth-order valence-electron chi connectivity index (χ4n) is 2.15. The molecule has 6 nitrogen and oxygen atoms in total. The first kappa shape index (κ1) is 15.6. The van der Waals surface area contributed by atoms with E-state index in [0.717, 1.165) is 19.4 Å². The molecule has 1 heterocycles. The Kier molecular flexibility index (Phi) is 5.41. The van der Waals surface area contributed by atoms with Gasteiger partial charge in [-0.05, 0) is 31.9 Å². The van der Waals surface area contributed by atoms with Gasteiger partial charge in [-0.15, -0.1) is 0 Å². The summed E-state index contributed by atoms with van der Waals surface area (Å²) in [6.07, 6.45) is 1.58. The summed E-state index contributed by atoms with van der Waals surface area (Å²) in [5.41, 5.74) is 6.83. The van der Waals surface area contributed by atoms with Crippen LogP contribution in [-0.2, 0) is 14.3 Å². The van der Waals surface area contributed by atoms with Gasteiger partial charge in [0, 0.05) is 18.4 Å². The van der Waals surface area contributed by atoms with Gasteiger partial charge in [0.05, 0.1) is 25.5 Å². The van der Waals surface area contributed by atoms with E-state index in [1.165, 1.54) is 7.11 Å². The molecule has 2 unspecified atom stereocenters. The minimum atomic E-state index is -0.559. The van der Waals surface area contributed by atoms with Gasteiger partial charge in [0.25, 0.3) is 5.91 Å². The summed E-state index contributed by atoms with van der Waals surface area (Å²) in [7, 11) is 1.53. The minimum absolute atomic E-state index is 0.103. The van der Waals surface area contributed by atoms with Crippen LogP contribution in [0.5, 0.6) is 5.75 Å². The van der Waals surface area contributed by atoms with Crippen molar-refractivity contribution in [2.24, 2.45) is 0 Å². The number of carbonyl (C=O) groups excluding carboxylic acids is 1. The van der Waals surface area contributed by atoms with Crippen LogP contribution in [0.1, 0.15) is 19.8 Å². The molecule has 2 rings (SSSR count). The normalized spacial score (nSPS) is 19.2. The minimum Gasteiger partial charge on any atom is -0.494 e. The Morgan fingerprint density at radius 1 is 1.57 bits per heavy atom. The molecule has 0 bridgehead atoms. The van der Waals surface area contributed by atoms with E-state index in [2.05, 4.69) is 5.32 Å². The van der Waals surface area contributed by atoms with Gasteiger partial charge in [0.2, 0.25) is 0 Å². The maximum Gasteiger partial charge on any atom is 0.253 e. The van der Waals surface area contributed by atoms with Crippen LogP contribution in [0.25, 0.3) is 0 Å². The van der Waals surface area contributed by atoms with Crippen molar-refractivity contribution < 1.29 is 19.0 Å². The fraction of sp³-hybridized carbons (Fsp3) is 0.533. The van der Waals surface area contributed by atoms with Crippen LogP contribution in [0, 0.1) is 0 Å². The van der Waals surface area contributed by atoms with E-state index in [0.29, 0.717) is 23.7 Å². The number of amides is 1. The molecule has 3 N–H and O–H groups in total. The number of methoxy groups -OCH3 is 1. The lowest BCUT2D eigenvalue weighted by molar-refractivity contribution is -0.128. The first-order chi connectivity index (χ1) is 10.1. The fourth-order valence-corrected chi connectivity index (χ4v) is 2.15. The molecule has 0 aliphatic carbocycles. The topological polar surface area (TPSA) is 82.8 Å². The SMILES string of the molecule is COc1cc(N)ccc1NC(=O)C(C)OCC1CCCO1. The first-order valence-corrected chi connectivity index (χ1v) is 7.07. The van der Waals surface area contributed by atoms with E-state index < -0.39 is 6.10 Å². The monoisotopic (exact) mass is 294 g/mol. The van der Waals surface area contributed by atoms with Gasteiger partial charge >= 0.3 is 0 Å². The Bertz CT molecular complexity index is 487. The lowest BCUT2D eigenvalue weighted by atomic mass is 10.2. The van der Waals surface area contributed by atoms with Crippen LogP contribution < -0.4 is 15.8 Å². The highest BCUT2D eigenvalue weighted by Gasteiger charge is 2.20. The predicted molar refractivity (Wildman–Crippen MR) is 80.4 cm³/mol. The third kappa shape index (κ3) is 4.34. The van der Waals surface area contributed by atoms with Crippen molar-refractivity contribution in [3.63, 3.8) is 0 Å². The van der Waals surface area contributed by atoms with Crippen molar-refractivity contribution in [1.82, 2.24) is 0 Å². The molecule has 1 aromatic rings. The largest absolute Gasteiger partial charge is 0.494 e. The number of nitrogens with two attached hydrogens (primary N) is 1. The maximum absolute atomic E-state index is 12.1. The van der Waals surface area contributed by atoms with Crippen molar-refractivity contribution in [2.75, 3.05) is 31.4 Å². The van der Waals surface area contributed by atoms with Crippen LogP contribution in [0.3, 0.4) is 0 Å². The standard InChI is InChI=1S/C15H22N2O4/c1-10(21-9-12-4-3-7-20-12)15(18)17-13-6-5-11(16)8-14(13)19-2/h5-6,8,10,12H,3-4,7,9,16H2,1-2H3,(H,17,18). The molecule has 1 aliphatic heterocycles. The second kappa shape index (κ2) is 7.28. The Hall–Kier alpha value is -1.79. The Morgan fingerprint density at radius 2 is 2.38 bits per heavy atom. The number of ether oxygens (including phenoxy) is 3. The van der Waals surface area contributed by atoms with E-state index in [1.807, 2.05) is 0 Å². The summed E-state index contributed by atoms with van der Waals surface area (Å²) in [6, 6.07) is 5.07. The molecule has 2 atom stereocenters. The molecule has 6 heteroatoms.